The van der Waals surface area contributed by atoms with Gasteiger partial charge in [0.1, 0.15) is 6.61 Å². The Kier molecular flexibility index (Phi) is 5.54. The average molecular weight is 299 g/mol. The van der Waals surface area contributed by atoms with Crippen LogP contribution in [0.3, 0.4) is 0 Å². The molecule has 0 saturated carbocycles. The SMILES string of the molecule is COC(=O)/C=C/c1ccc(OCc2cccnc2)c(OC)c1. The number of hydrogen-bond donors (Lipinski definition) is 0. The van der Waals surface area contributed by atoms with Crippen LogP contribution in [0.25, 0.3) is 6.08 Å². The molecule has 1 aromatic heterocycles. The second kappa shape index (κ2) is 7.83. The van der Waals surface area contributed by atoms with Gasteiger partial charge in [-0.3, -0.25) is 4.98 Å². The van der Waals surface area contributed by atoms with E-state index in [-0.39, 0.29) is 0 Å². The van der Waals surface area contributed by atoms with Crippen molar-refractivity contribution in [2.24, 2.45) is 0 Å². The third-order valence-electron chi connectivity index (χ3n) is 2.92. The van der Waals surface area contributed by atoms with Gasteiger partial charge in [-0.25, -0.2) is 4.79 Å². The fraction of sp³-hybridized carbons (Fsp3) is 0.176. The zero-order valence-electron chi connectivity index (χ0n) is 12.5. The topological polar surface area (TPSA) is 57.7 Å². The Morgan fingerprint density at radius 3 is 2.77 bits per heavy atom. The van der Waals surface area contributed by atoms with Crippen LogP contribution < -0.4 is 9.47 Å². The third kappa shape index (κ3) is 4.34. The van der Waals surface area contributed by atoms with Crippen molar-refractivity contribution in [3.8, 4) is 11.5 Å². The van der Waals surface area contributed by atoms with Crippen molar-refractivity contribution in [3.05, 3.63) is 59.9 Å². The van der Waals surface area contributed by atoms with E-state index in [1.54, 1.807) is 37.7 Å². The Bertz CT molecular complexity index is 653. The summed E-state index contributed by atoms with van der Waals surface area (Å²) in [6.45, 7) is 0.404. The van der Waals surface area contributed by atoms with Crippen LogP contribution in [0.4, 0.5) is 0 Å². The number of ether oxygens (including phenoxy) is 3. The first-order valence-corrected chi connectivity index (χ1v) is 6.68. The van der Waals surface area contributed by atoms with E-state index in [0.717, 1.165) is 11.1 Å². The van der Waals surface area contributed by atoms with E-state index in [0.29, 0.717) is 18.1 Å². The van der Waals surface area contributed by atoms with Crippen molar-refractivity contribution in [1.29, 1.82) is 0 Å². The van der Waals surface area contributed by atoms with E-state index in [1.807, 2.05) is 18.2 Å². The summed E-state index contributed by atoms with van der Waals surface area (Å²) < 4.78 is 15.6. The minimum atomic E-state index is -0.407. The lowest BCUT2D eigenvalue weighted by atomic mass is 10.2. The molecule has 0 bridgehead atoms. The number of aromatic nitrogens is 1. The van der Waals surface area contributed by atoms with Crippen LogP contribution in [0.2, 0.25) is 0 Å². The van der Waals surface area contributed by atoms with Gasteiger partial charge in [0.05, 0.1) is 14.2 Å². The summed E-state index contributed by atoms with van der Waals surface area (Å²) in [4.78, 5) is 15.1. The zero-order valence-corrected chi connectivity index (χ0v) is 12.5. The van der Waals surface area contributed by atoms with Crippen molar-refractivity contribution in [1.82, 2.24) is 4.98 Å². The molecule has 1 aromatic carbocycles. The van der Waals surface area contributed by atoms with E-state index in [4.69, 9.17) is 9.47 Å². The lowest BCUT2D eigenvalue weighted by molar-refractivity contribution is -0.134. The molecule has 0 aliphatic rings. The van der Waals surface area contributed by atoms with Crippen LogP contribution in [0.1, 0.15) is 11.1 Å². The average Bonchev–Trinajstić information content (AvgIpc) is 2.58. The van der Waals surface area contributed by atoms with Gasteiger partial charge in [-0.05, 0) is 29.8 Å². The van der Waals surface area contributed by atoms with Crippen LogP contribution in [0.15, 0.2) is 48.8 Å². The Morgan fingerprint density at radius 1 is 1.23 bits per heavy atom. The number of hydrogen-bond acceptors (Lipinski definition) is 5. The summed E-state index contributed by atoms with van der Waals surface area (Å²) >= 11 is 0. The summed E-state index contributed by atoms with van der Waals surface area (Å²) in [5.41, 5.74) is 1.79. The molecule has 0 amide bonds. The Morgan fingerprint density at radius 2 is 2.09 bits per heavy atom. The molecule has 0 spiro atoms. The summed E-state index contributed by atoms with van der Waals surface area (Å²) in [5, 5.41) is 0. The standard InChI is InChI=1S/C17H17NO4/c1-20-16-10-13(6-8-17(19)21-2)5-7-15(16)22-12-14-4-3-9-18-11-14/h3-11H,12H2,1-2H3/b8-6+. The van der Waals surface area contributed by atoms with Crippen LogP contribution in [-0.4, -0.2) is 25.2 Å². The van der Waals surface area contributed by atoms with E-state index >= 15 is 0 Å². The monoisotopic (exact) mass is 299 g/mol. The van der Waals surface area contributed by atoms with E-state index in [9.17, 15) is 4.79 Å². The second-order valence-corrected chi connectivity index (χ2v) is 4.42. The third-order valence-corrected chi connectivity index (χ3v) is 2.92. The largest absolute Gasteiger partial charge is 0.493 e. The summed E-state index contributed by atoms with van der Waals surface area (Å²) in [6, 6.07) is 9.22. The minimum absolute atomic E-state index is 0.404. The number of rotatable bonds is 6. The molecule has 0 saturated heterocycles. The minimum Gasteiger partial charge on any atom is -0.493 e. The first-order chi connectivity index (χ1) is 10.7. The first-order valence-electron chi connectivity index (χ1n) is 6.68. The van der Waals surface area contributed by atoms with Gasteiger partial charge < -0.3 is 14.2 Å². The van der Waals surface area contributed by atoms with Gasteiger partial charge in [0.15, 0.2) is 11.5 Å². The van der Waals surface area contributed by atoms with Gasteiger partial charge in [0, 0.05) is 24.0 Å². The van der Waals surface area contributed by atoms with Gasteiger partial charge in [-0.15, -0.1) is 0 Å². The molecule has 0 aliphatic heterocycles. The van der Waals surface area contributed by atoms with Gasteiger partial charge in [-0.2, -0.15) is 0 Å². The Labute approximate surface area is 129 Å². The highest BCUT2D eigenvalue weighted by Gasteiger charge is 2.05. The number of pyridine rings is 1. The smallest absolute Gasteiger partial charge is 0.330 e. The number of esters is 1. The predicted molar refractivity (Wildman–Crippen MR) is 82.6 cm³/mol. The quantitative estimate of drug-likeness (QED) is 0.606. The summed E-state index contributed by atoms with van der Waals surface area (Å²) in [5.74, 6) is 0.813. The summed E-state index contributed by atoms with van der Waals surface area (Å²) in [7, 11) is 2.91. The normalized spacial score (nSPS) is 10.5. The molecule has 5 nitrogen and oxygen atoms in total. The van der Waals surface area contributed by atoms with E-state index < -0.39 is 5.97 Å². The van der Waals surface area contributed by atoms with Crippen LogP contribution in [0, 0.1) is 0 Å². The molecule has 0 aliphatic carbocycles. The Balaban J connectivity index is 2.09. The maximum absolute atomic E-state index is 11.1. The molecule has 0 radical (unpaired) electrons. The molecule has 2 rings (SSSR count). The maximum atomic E-state index is 11.1. The fourth-order valence-electron chi connectivity index (χ4n) is 1.78. The predicted octanol–water partition coefficient (Wildman–Crippen LogP) is 2.86. The molecule has 114 valence electrons. The molecule has 0 fully saturated rings. The number of benzene rings is 1. The zero-order chi connectivity index (χ0) is 15.8. The highest BCUT2D eigenvalue weighted by molar-refractivity contribution is 5.87. The van der Waals surface area contributed by atoms with Crippen molar-refractivity contribution in [2.45, 2.75) is 6.61 Å². The number of methoxy groups -OCH3 is 2. The van der Waals surface area contributed by atoms with Crippen LogP contribution in [0.5, 0.6) is 11.5 Å². The van der Waals surface area contributed by atoms with Crippen molar-refractivity contribution in [2.75, 3.05) is 14.2 Å². The summed E-state index contributed by atoms with van der Waals surface area (Å²) in [6.07, 6.45) is 6.47. The van der Waals surface area contributed by atoms with Gasteiger partial charge in [0.25, 0.3) is 0 Å². The van der Waals surface area contributed by atoms with Crippen LogP contribution >= 0.6 is 0 Å². The Hall–Kier alpha value is -2.82. The highest BCUT2D eigenvalue weighted by Crippen LogP contribution is 2.29. The molecule has 0 unspecified atom stereocenters. The molecule has 0 atom stereocenters. The molecular weight excluding hydrogens is 282 g/mol. The first kappa shape index (κ1) is 15.6. The number of carbonyl (C=O) groups excluding carboxylic acids is 1. The van der Waals surface area contributed by atoms with Crippen molar-refractivity contribution in [3.63, 3.8) is 0 Å². The molecule has 0 N–H and O–H groups in total. The van der Waals surface area contributed by atoms with E-state index in [2.05, 4.69) is 9.72 Å². The van der Waals surface area contributed by atoms with Crippen LogP contribution in [-0.2, 0) is 16.1 Å². The van der Waals surface area contributed by atoms with E-state index in [1.165, 1.54) is 13.2 Å². The van der Waals surface area contributed by atoms with Gasteiger partial charge in [-0.1, -0.05) is 12.1 Å². The maximum Gasteiger partial charge on any atom is 0.330 e. The second-order valence-electron chi connectivity index (χ2n) is 4.42. The van der Waals surface area contributed by atoms with Crippen molar-refractivity contribution >= 4 is 12.0 Å². The fourth-order valence-corrected chi connectivity index (χ4v) is 1.78. The van der Waals surface area contributed by atoms with Gasteiger partial charge in [0.2, 0.25) is 0 Å². The van der Waals surface area contributed by atoms with Crippen molar-refractivity contribution < 1.29 is 19.0 Å². The molecule has 5 heteroatoms. The number of nitrogens with zero attached hydrogens (tertiary/aromatic N) is 1. The lowest BCUT2D eigenvalue weighted by Gasteiger charge is -2.11. The number of carbonyl (C=O) groups is 1. The highest BCUT2D eigenvalue weighted by atomic mass is 16.5. The lowest BCUT2D eigenvalue weighted by Crippen LogP contribution is -1.98. The molecule has 2 aromatic rings. The molecule has 22 heavy (non-hydrogen) atoms. The van der Waals surface area contributed by atoms with Gasteiger partial charge >= 0.3 is 5.97 Å². The molecule has 1 heterocycles. The molecular formula is C17H17NO4.